The van der Waals surface area contributed by atoms with Crippen LogP contribution in [0.25, 0.3) is 0 Å². The van der Waals surface area contributed by atoms with Gasteiger partial charge in [0.05, 0.1) is 6.04 Å². The molecule has 0 saturated heterocycles. The summed E-state index contributed by atoms with van der Waals surface area (Å²) in [4.78, 5) is 15.3. The maximum atomic E-state index is 12.8. The molecule has 1 aliphatic heterocycles. The van der Waals surface area contributed by atoms with Gasteiger partial charge in [-0.05, 0) is 53.8 Å². The van der Waals surface area contributed by atoms with Gasteiger partial charge in [0.1, 0.15) is 0 Å². The average molecular weight is 402 g/mol. The molecule has 2 heterocycles. The molecule has 0 fully saturated rings. The highest BCUT2D eigenvalue weighted by molar-refractivity contribution is 5.94. The van der Waals surface area contributed by atoms with Crippen molar-refractivity contribution in [3.63, 3.8) is 0 Å². The van der Waals surface area contributed by atoms with E-state index in [1.165, 1.54) is 22.4 Å². The van der Waals surface area contributed by atoms with E-state index in [2.05, 4.69) is 83.5 Å². The number of hydrogen-bond acceptors (Lipinski definition) is 2. The fourth-order valence-corrected chi connectivity index (χ4v) is 4.43. The fraction of sp³-hybridized carbons (Fsp3) is 0.346. The van der Waals surface area contributed by atoms with Crippen molar-refractivity contribution in [2.75, 3.05) is 13.1 Å². The van der Waals surface area contributed by atoms with E-state index in [1.54, 1.807) is 0 Å². The first-order chi connectivity index (χ1) is 14.7. The number of aromatic nitrogens is 1. The number of amides is 1. The molecule has 1 amide bonds. The minimum Gasteiger partial charge on any atom is -0.353 e. The minimum atomic E-state index is -0.00494. The highest BCUT2D eigenvalue weighted by Crippen LogP contribution is 2.27. The molecule has 0 aliphatic carbocycles. The normalized spacial score (nSPS) is 14.9. The van der Waals surface area contributed by atoms with Gasteiger partial charge in [0.25, 0.3) is 5.91 Å². The summed E-state index contributed by atoms with van der Waals surface area (Å²) in [5.74, 6) is -0.00494. The lowest BCUT2D eigenvalue weighted by molar-refractivity contribution is 0.0925. The van der Waals surface area contributed by atoms with E-state index in [9.17, 15) is 4.79 Å². The monoisotopic (exact) mass is 401 g/mol. The van der Waals surface area contributed by atoms with Crippen LogP contribution in [0.1, 0.15) is 52.1 Å². The molecular weight excluding hydrogens is 370 g/mol. The molecule has 1 aliphatic rings. The Morgan fingerprint density at radius 3 is 2.50 bits per heavy atom. The van der Waals surface area contributed by atoms with Crippen LogP contribution in [0.5, 0.6) is 0 Å². The second kappa shape index (κ2) is 9.31. The fourth-order valence-electron chi connectivity index (χ4n) is 4.43. The molecule has 0 bridgehead atoms. The summed E-state index contributed by atoms with van der Waals surface area (Å²) in [6.45, 7) is 4.67. The first-order valence-corrected chi connectivity index (χ1v) is 10.9. The van der Waals surface area contributed by atoms with Gasteiger partial charge in [-0.3, -0.25) is 9.69 Å². The third kappa shape index (κ3) is 4.49. The average Bonchev–Trinajstić information content (AvgIpc) is 3.20. The maximum absolute atomic E-state index is 12.8. The summed E-state index contributed by atoms with van der Waals surface area (Å²) in [5, 5.41) is 3.19. The van der Waals surface area contributed by atoms with Crippen molar-refractivity contribution in [1.82, 2.24) is 14.8 Å². The number of hydrogen-bond donors (Lipinski definition) is 1. The second-order valence-corrected chi connectivity index (χ2v) is 8.21. The molecule has 4 nitrogen and oxygen atoms in total. The first-order valence-electron chi connectivity index (χ1n) is 10.9. The SMILES string of the molecule is CCCc1ccc(C(=O)NCC(c2cccn2C)N2CCc3ccccc3C2)cc1. The van der Waals surface area contributed by atoms with Gasteiger partial charge in [-0.1, -0.05) is 49.7 Å². The van der Waals surface area contributed by atoms with Crippen molar-refractivity contribution in [3.8, 4) is 0 Å². The van der Waals surface area contributed by atoms with Crippen molar-refractivity contribution in [2.24, 2.45) is 7.05 Å². The van der Waals surface area contributed by atoms with E-state index in [0.29, 0.717) is 6.54 Å². The Kier molecular flexibility index (Phi) is 6.34. The largest absolute Gasteiger partial charge is 0.353 e. The molecule has 0 radical (unpaired) electrons. The molecule has 1 atom stereocenters. The van der Waals surface area contributed by atoms with Crippen LogP contribution in [-0.4, -0.2) is 28.5 Å². The van der Waals surface area contributed by atoms with Gasteiger partial charge in [-0.15, -0.1) is 0 Å². The van der Waals surface area contributed by atoms with E-state index in [1.807, 2.05) is 12.1 Å². The molecule has 0 saturated carbocycles. The number of nitrogens with zero attached hydrogens (tertiary/aromatic N) is 2. The highest BCUT2D eigenvalue weighted by atomic mass is 16.1. The third-order valence-electron chi connectivity index (χ3n) is 6.14. The predicted octanol–water partition coefficient (Wildman–Crippen LogP) is 4.51. The zero-order valence-corrected chi connectivity index (χ0v) is 18.0. The van der Waals surface area contributed by atoms with Crippen LogP contribution in [0, 0.1) is 0 Å². The Bertz CT molecular complexity index is 990. The maximum Gasteiger partial charge on any atom is 0.251 e. The molecule has 1 N–H and O–H groups in total. The molecule has 156 valence electrons. The van der Waals surface area contributed by atoms with Gasteiger partial charge in [-0.2, -0.15) is 0 Å². The van der Waals surface area contributed by atoms with Crippen molar-refractivity contribution in [2.45, 2.75) is 38.8 Å². The van der Waals surface area contributed by atoms with E-state index >= 15 is 0 Å². The summed E-state index contributed by atoms with van der Waals surface area (Å²) in [6.07, 6.45) is 5.29. The van der Waals surface area contributed by atoms with Crippen molar-refractivity contribution >= 4 is 5.91 Å². The van der Waals surface area contributed by atoms with Gasteiger partial charge >= 0.3 is 0 Å². The number of benzene rings is 2. The number of nitrogens with one attached hydrogen (secondary N) is 1. The molecule has 2 aromatic carbocycles. The molecule has 1 aromatic heterocycles. The Morgan fingerprint density at radius 1 is 1.03 bits per heavy atom. The van der Waals surface area contributed by atoms with Crippen LogP contribution in [0.3, 0.4) is 0 Å². The van der Waals surface area contributed by atoms with Crippen molar-refractivity contribution in [3.05, 3.63) is 94.8 Å². The smallest absolute Gasteiger partial charge is 0.251 e. The summed E-state index contributed by atoms with van der Waals surface area (Å²) >= 11 is 0. The highest BCUT2D eigenvalue weighted by Gasteiger charge is 2.26. The number of carbonyl (C=O) groups excluding carboxylic acids is 1. The zero-order chi connectivity index (χ0) is 20.9. The molecule has 4 heteroatoms. The van der Waals surface area contributed by atoms with Crippen LogP contribution < -0.4 is 5.32 Å². The quantitative estimate of drug-likeness (QED) is 0.633. The van der Waals surface area contributed by atoms with Crippen LogP contribution in [0.4, 0.5) is 0 Å². The van der Waals surface area contributed by atoms with Gasteiger partial charge < -0.3 is 9.88 Å². The van der Waals surface area contributed by atoms with E-state index in [-0.39, 0.29) is 11.9 Å². The summed E-state index contributed by atoms with van der Waals surface area (Å²) in [6, 6.07) is 21.1. The van der Waals surface area contributed by atoms with Gasteiger partial charge in [0, 0.05) is 44.1 Å². The number of carbonyl (C=O) groups is 1. The summed E-state index contributed by atoms with van der Waals surface area (Å²) in [5.41, 5.74) is 6.07. The van der Waals surface area contributed by atoms with Crippen LogP contribution >= 0.6 is 0 Å². The van der Waals surface area contributed by atoms with Crippen molar-refractivity contribution < 1.29 is 4.79 Å². The van der Waals surface area contributed by atoms with Gasteiger partial charge in [0.15, 0.2) is 0 Å². The molecule has 3 aromatic rings. The Morgan fingerprint density at radius 2 is 1.80 bits per heavy atom. The van der Waals surface area contributed by atoms with Crippen LogP contribution in [-0.2, 0) is 26.4 Å². The summed E-state index contributed by atoms with van der Waals surface area (Å²) in [7, 11) is 2.08. The Hall–Kier alpha value is -2.85. The first kappa shape index (κ1) is 20.4. The van der Waals surface area contributed by atoms with E-state index < -0.39 is 0 Å². The molecule has 4 rings (SSSR count). The van der Waals surface area contributed by atoms with Crippen molar-refractivity contribution in [1.29, 1.82) is 0 Å². The van der Waals surface area contributed by atoms with Crippen LogP contribution in [0.15, 0.2) is 66.9 Å². The molecule has 30 heavy (non-hydrogen) atoms. The standard InChI is InChI=1S/C26H31N3O/c1-3-7-20-11-13-22(14-12-20)26(30)27-18-25(24-10-6-16-28(24)2)29-17-15-21-8-4-5-9-23(21)19-29/h4-6,8-14,16,25H,3,7,15,17-19H2,1-2H3,(H,27,30). The number of aryl methyl sites for hydroxylation is 2. The minimum absolute atomic E-state index is 0.00494. The van der Waals surface area contributed by atoms with E-state index in [0.717, 1.165) is 37.9 Å². The lowest BCUT2D eigenvalue weighted by Gasteiger charge is -2.36. The molecular formula is C26H31N3O. The van der Waals surface area contributed by atoms with Gasteiger partial charge in [0.2, 0.25) is 0 Å². The number of rotatable bonds is 7. The molecule has 1 unspecified atom stereocenters. The lowest BCUT2D eigenvalue weighted by Crippen LogP contribution is -2.41. The topological polar surface area (TPSA) is 37.3 Å². The van der Waals surface area contributed by atoms with Gasteiger partial charge in [-0.25, -0.2) is 0 Å². The lowest BCUT2D eigenvalue weighted by atomic mass is 9.97. The Labute approximate surface area is 179 Å². The summed E-state index contributed by atoms with van der Waals surface area (Å²) < 4.78 is 2.16. The Balaban J connectivity index is 1.49. The van der Waals surface area contributed by atoms with E-state index in [4.69, 9.17) is 0 Å². The number of fused-ring (bicyclic) bond motifs is 1. The van der Waals surface area contributed by atoms with Crippen LogP contribution in [0.2, 0.25) is 0 Å². The predicted molar refractivity (Wildman–Crippen MR) is 121 cm³/mol. The third-order valence-corrected chi connectivity index (χ3v) is 6.14. The zero-order valence-electron chi connectivity index (χ0n) is 18.0. The second-order valence-electron chi connectivity index (χ2n) is 8.21. The molecule has 0 spiro atoms.